The van der Waals surface area contributed by atoms with Crippen molar-refractivity contribution in [3.63, 3.8) is 0 Å². The molecular formula is C14H18BN5O. The summed E-state index contributed by atoms with van der Waals surface area (Å²) in [5, 5.41) is 7.65. The smallest absolute Gasteiger partial charge is 0.228 e. The number of aromatic nitrogens is 2. The number of rotatable bonds is 4. The van der Waals surface area contributed by atoms with E-state index >= 15 is 0 Å². The molecule has 2 rings (SSSR count). The molecule has 1 heterocycles. The number of nitrogens with zero attached hydrogens (tertiary/aromatic N) is 3. The molecule has 0 unspecified atom stereocenters. The van der Waals surface area contributed by atoms with Crippen LogP contribution in [0, 0.1) is 0 Å². The molecule has 2 radical (unpaired) electrons. The first-order chi connectivity index (χ1) is 10.0. The van der Waals surface area contributed by atoms with Crippen molar-refractivity contribution < 1.29 is 4.79 Å². The van der Waals surface area contributed by atoms with Crippen molar-refractivity contribution in [1.82, 2.24) is 15.1 Å². The van der Waals surface area contributed by atoms with Crippen molar-refractivity contribution in [3.05, 3.63) is 23.8 Å². The van der Waals surface area contributed by atoms with Gasteiger partial charge in [-0.25, -0.2) is 4.99 Å². The molecule has 0 bridgehead atoms. The highest BCUT2D eigenvalue weighted by Gasteiger charge is 2.10. The van der Waals surface area contributed by atoms with E-state index in [-0.39, 0.29) is 11.9 Å². The molecule has 1 aromatic heterocycles. The summed E-state index contributed by atoms with van der Waals surface area (Å²) in [6.45, 7) is 2.33. The highest BCUT2D eigenvalue weighted by molar-refractivity contribution is 6.37. The van der Waals surface area contributed by atoms with Crippen molar-refractivity contribution in [1.29, 1.82) is 0 Å². The Kier molecular flexibility index (Phi) is 4.62. The van der Waals surface area contributed by atoms with Crippen LogP contribution in [0.25, 0.3) is 10.9 Å². The first-order valence-electron chi connectivity index (χ1n) is 6.82. The number of carbonyl (C=O) groups excluding carboxylic acids is 1. The normalized spacial score (nSPS) is 11.8. The zero-order chi connectivity index (χ0) is 15.4. The van der Waals surface area contributed by atoms with E-state index in [4.69, 9.17) is 13.6 Å². The third kappa shape index (κ3) is 3.42. The Labute approximate surface area is 124 Å². The molecule has 0 aliphatic heterocycles. The summed E-state index contributed by atoms with van der Waals surface area (Å²) >= 11 is 0. The van der Waals surface area contributed by atoms with Gasteiger partial charge in [-0.3, -0.25) is 14.8 Å². The standard InChI is InChI=1S/C14H18BN5O/c1-3-4-12(21)20(2)14(16)17-8-9-5-6-11-10(7-9)13(15)19-18-11/h5-7H,3-4,8H2,1-2H3,(H2,16,17)(H,18,19). The minimum Gasteiger partial charge on any atom is -0.369 e. The van der Waals surface area contributed by atoms with Crippen molar-refractivity contribution in [3.8, 4) is 0 Å². The van der Waals surface area contributed by atoms with E-state index in [9.17, 15) is 4.79 Å². The SMILES string of the molecule is [B]c1[nH]nc2ccc(CN=C(N)N(C)C(=O)CCC)cc12. The Bertz CT molecular complexity index is 679. The molecule has 0 aliphatic rings. The summed E-state index contributed by atoms with van der Waals surface area (Å²) in [7, 11) is 7.42. The molecule has 3 N–H and O–H groups in total. The van der Waals surface area contributed by atoms with Crippen LogP contribution in [0.2, 0.25) is 0 Å². The van der Waals surface area contributed by atoms with E-state index in [1.54, 1.807) is 7.05 Å². The molecule has 2 aromatic rings. The fraction of sp³-hybridized carbons (Fsp3) is 0.357. The summed E-state index contributed by atoms with van der Waals surface area (Å²) in [5.74, 6) is 0.182. The lowest BCUT2D eigenvalue weighted by Gasteiger charge is -2.15. The second-order valence-corrected chi connectivity index (χ2v) is 4.87. The van der Waals surface area contributed by atoms with Crippen LogP contribution in [0.4, 0.5) is 0 Å². The van der Waals surface area contributed by atoms with Crippen LogP contribution >= 0.6 is 0 Å². The van der Waals surface area contributed by atoms with Crippen molar-refractivity contribution in [2.24, 2.45) is 10.7 Å². The zero-order valence-corrected chi connectivity index (χ0v) is 12.3. The lowest BCUT2D eigenvalue weighted by Crippen LogP contribution is -2.38. The number of nitrogens with one attached hydrogen (secondary N) is 1. The minimum absolute atomic E-state index is 0.0340. The van der Waals surface area contributed by atoms with Gasteiger partial charge in [-0.2, -0.15) is 5.10 Å². The first kappa shape index (κ1) is 15.1. The lowest BCUT2D eigenvalue weighted by atomic mass is 9.99. The van der Waals surface area contributed by atoms with Gasteiger partial charge < -0.3 is 5.73 Å². The quantitative estimate of drug-likeness (QED) is 0.484. The maximum atomic E-state index is 11.7. The molecule has 0 saturated carbocycles. The number of hydrogen-bond donors (Lipinski definition) is 2. The molecule has 0 atom stereocenters. The molecule has 21 heavy (non-hydrogen) atoms. The molecule has 1 aromatic carbocycles. The van der Waals surface area contributed by atoms with E-state index in [0.717, 1.165) is 22.9 Å². The Morgan fingerprint density at radius 3 is 3.00 bits per heavy atom. The number of fused-ring (bicyclic) bond motifs is 1. The highest BCUT2D eigenvalue weighted by atomic mass is 16.2. The van der Waals surface area contributed by atoms with Crippen LogP contribution in [0.3, 0.4) is 0 Å². The molecule has 6 nitrogen and oxygen atoms in total. The maximum absolute atomic E-state index is 11.7. The third-order valence-corrected chi connectivity index (χ3v) is 3.25. The van der Waals surface area contributed by atoms with Gasteiger partial charge in [0.1, 0.15) is 7.85 Å². The van der Waals surface area contributed by atoms with E-state index in [2.05, 4.69) is 15.2 Å². The summed E-state index contributed by atoms with van der Waals surface area (Å²) in [4.78, 5) is 17.3. The maximum Gasteiger partial charge on any atom is 0.228 e. The van der Waals surface area contributed by atoms with E-state index in [1.165, 1.54) is 4.90 Å². The van der Waals surface area contributed by atoms with Gasteiger partial charge in [0, 0.05) is 18.9 Å². The molecule has 108 valence electrons. The fourth-order valence-electron chi connectivity index (χ4n) is 1.96. The number of nitrogens with two attached hydrogens (primary N) is 1. The molecule has 1 amide bonds. The van der Waals surface area contributed by atoms with E-state index in [0.29, 0.717) is 18.6 Å². The van der Waals surface area contributed by atoms with Crippen molar-refractivity contribution in [2.75, 3.05) is 7.05 Å². The molecule has 0 aliphatic carbocycles. The van der Waals surface area contributed by atoms with Crippen LogP contribution < -0.4 is 11.3 Å². The highest BCUT2D eigenvalue weighted by Crippen LogP contribution is 2.12. The second kappa shape index (κ2) is 6.43. The fourth-order valence-corrected chi connectivity index (χ4v) is 1.96. The summed E-state index contributed by atoms with van der Waals surface area (Å²) in [6, 6.07) is 5.70. The Morgan fingerprint density at radius 2 is 2.29 bits per heavy atom. The number of H-pyrrole nitrogens is 1. The number of amides is 1. The predicted octanol–water partition coefficient (Wildman–Crippen LogP) is 0.430. The molecular weight excluding hydrogens is 265 g/mol. The van der Waals surface area contributed by atoms with Gasteiger partial charge in [-0.1, -0.05) is 13.0 Å². The average Bonchev–Trinajstić information content (AvgIpc) is 2.85. The topological polar surface area (TPSA) is 87.4 Å². The van der Waals surface area contributed by atoms with Gasteiger partial charge in [0.15, 0.2) is 5.96 Å². The third-order valence-electron chi connectivity index (χ3n) is 3.25. The average molecular weight is 283 g/mol. The largest absolute Gasteiger partial charge is 0.369 e. The number of carbonyl (C=O) groups is 1. The Hall–Kier alpha value is -2.31. The van der Waals surface area contributed by atoms with Crippen LogP contribution in [-0.2, 0) is 11.3 Å². The zero-order valence-electron chi connectivity index (χ0n) is 12.3. The predicted molar refractivity (Wildman–Crippen MR) is 84.5 cm³/mol. The van der Waals surface area contributed by atoms with Gasteiger partial charge >= 0.3 is 0 Å². The number of aromatic amines is 1. The van der Waals surface area contributed by atoms with Crippen LogP contribution in [0.5, 0.6) is 0 Å². The molecule has 0 saturated heterocycles. The van der Waals surface area contributed by atoms with E-state index in [1.807, 2.05) is 25.1 Å². The number of guanidine groups is 1. The monoisotopic (exact) mass is 283 g/mol. The molecule has 7 heteroatoms. The second-order valence-electron chi connectivity index (χ2n) is 4.87. The van der Waals surface area contributed by atoms with Gasteiger partial charge in [0.2, 0.25) is 5.91 Å². The van der Waals surface area contributed by atoms with Crippen molar-refractivity contribution >= 4 is 36.2 Å². The van der Waals surface area contributed by atoms with Crippen LogP contribution in [-0.4, -0.2) is 41.9 Å². The lowest BCUT2D eigenvalue weighted by molar-refractivity contribution is -0.126. The number of benzene rings is 1. The Morgan fingerprint density at radius 1 is 1.52 bits per heavy atom. The van der Waals surface area contributed by atoms with Gasteiger partial charge in [0.05, 0.1) is 12.1 Å². The summed E-state index contributed by atoms with van der Waals surface area (Å²) in [6.07, 6.45) is 1.25. The molecule has 0 spiro atoms. The minimum atomic E-state index is -0.0340. The van der Waals surface area contributed by atoms with Crippen LogP contribution in [0.15, 0.2) is 23.2 Å². The van der Waals surface area contributed by atoms with Gasteiger partial charge in [-0.15, -0.1) is 0 Å². The van der Waals surface area contributed by atoms with Gasteiger partial charge in [0.25, 0.3) is 0 Å². The van der Waals surface area contributed by atoms with E-state index < -0.39 is 0 Å². The van der Waals surface area contributed by atoms with Crippen LogP contribution in [0.1, 0.15) is 25.3 Å². The number of hydrogen-bond acceptors (Lipinski definition) is 3. The first-order valence-corrected chi connectivity index (χ1v) is 6.82. The molecule has 0 fully saturated rings. The summed E-state index contributed by atoms with van der Waals surface area (Å²) in [5.41, 5.74) is 8.12. The Balaban J connectivity index is 2.10. The summed E-state index contributed by atoms with van der Waals surface area (Å²) < 4.78 is 0. The number of aliphatic imine (C=N–C) groups is 1. The van der Waals surface area contributed by atoms with Crippen molar-refractivity contribution in [2.45, 2.75) is 26.3 Å². The van der Waals surface area contributed by atoms with Gasteiger partial charge in [-0.05, 0) is 29.7 Å².